The average molecular weight is 434 g/mol. The molecule has 1 aliphatic rings. The van der Waals surface area contributed by atoms with Gasteiger partial charge in [0.25, 0.3) is 0 Å². The second-order valence-electron chi connectivity index (χ2n) is 4.89. The summed E-state index contributed by atoms with van der Waals surface area (Å²) in [4.78, 5) is 19.4. The fourth-order valence-corrected chi connectivity index (χ4v) is 4.84. The van der Waals surface area contributed by atoms with Crippen LogP contribution < -0.4 is 0 Å². The SMILES string of the molecule is CN(C)C1(Cl)C(Cl)=C(Cl)C(Cl)=C(Cl)C1(OP(=O)(O)O)N(C)C. The predicted octanol–water partition coefficient (Wildman–Crippen LogP) is 3.24. The molecule has 2 atom stereocenters. The Labute approximate surface area is 153 Å². The lowest BCUT2D eigenvalue weighted by molar-refractivity contribution is -0.0951. The van der Waals surface area contributed by atoms with E-state index in [9.17, 15) is 14.4 Å². The largest absolute Gasteiger partial charge is 0.471 e. The molecule has 22 heavy (non-hydrogen) atoms. The molecule has 0 aromatic rings. The Hall–Kier alpha value is 0.960. The number of halogens is 5. The number of rotatable bonds is 4. The minimum atomic E-state index is -5.04. The number of phosphoric acid groups is 1. The average Bonchev–Trinajstić information content (AvgIpc) is 2.37. The summed E-state index contributed by atoms with van der Waals surface area (Å²) in [6, 6.07) is 0. The molecule has 0 amide bonds. The molecule has 128 valence electrons. The van der Waals surface area contributed by atoms with E-state index in [0.29, 0.717) is 0 Å². The third-order valence-corrected chi connectivity index (χ3v) is 6.45. The Bertz CT molecular complexity index is 590. The Kier molecular flexibility index (Phi) is 6.39. The van der Waals surface area contributed by atoms with Gasteiger partial charge in [-0.3, -0.25) is 14.3 Å². The normalized spacial score (nSPS) is 30.8. The first-order valence-electron chi connectivity index (χ1n) is 5.65. The first-order chi connectivity index (χ1) is 9.73. The van der Waals surface area contributed by atoms with Crippen LogP contribution in [0.1, 0.15) is 0 Å². The fourth-order valence-electron chi connectivity index (χ4n) is 2.13. The van der Waals surface area contributed by atoms with Crippen molar-refractivity contribution >= 4 is 65.8 Å². The van der Waals surface area contributed by atoms with Crippen LogP contribution in [0.3, 0.4) is 0 Å². The lowest BCUT2D eigenvalue weighted by Gasteiger charge is -2.53. The summed E-state index contributed by atoms with van der Waals surface area (Å²) >= 11 is 31.1. The summed E-state index contributed by atoms with van der Waals surface area (Å²) in [5.74, 6) is 0. The van der Waals surface area contributed by atoms with Gasteiger partial charge in [-0.25, -0.2) is 4.57 Å². The van der Waals surface area contributed by atoms with E-state index in [1.807, 2.05) is 0 Å². The van der Waals surface area contributed by atoms with Gasteiger partial charge in [-0.05, 0) is 28.2 Å². The topological polar surface area (TPSA) is 73.2 Å². The minimum absolute atomic E-state index is 0.135. The highest BCUT2D eigenvalue weighted by Gasteiger charge is 2.65. The molecule has 1 rings (SSSR count). The second-order valence-corrected chi connectivity index (χ2v) is 8.12. The second kappa shape index (κ2) is 6.70. The van der Waals surface area contributed by atoms with Crippen LogP contribution in [0.15, 0.2) is 20.1 Å². The van der Waals surface area contributed by atoms with E-state index in [-0.39, 0.29) is 20.1 Å². The Morgan fingerprint density at radius 2 is 1.36 bits per heavy atom. The number of phosphoric ester groups is 1. The van der Waals surface area contributed by atoms with Crippen LogP contribution in [-0.2, 0) is 9.09 Å². The fraction of sp³-hybridized carbons (Fsp3) is 0.600. The standard InChI is InChI=1S/C10H14Cl5N2O4P/c1-16(2)9(15)7(13)5(11)6(12)8(14)10(9,17(3)4)21-22(18,19)20/h1-4H3,(H2,18,19,20). The zero-order chi connectivity index (χ0) is 17.7. The van der Waals surface area contributed by atoms with Gasteiger partial charge in [0.2, 0.25) is 5.72 Å². The van der Waals surface area contributed by atoms with Gasteiger partial charge in [0.05, 0.1) is 20.1 Å². The zero-order valence-corrected chi connectivity index (χ0v) is 16.6. The van der Waals surface area contributed by atoms with E-state index < -0.39 is 18.5 Å². The third kappa shape index (κ3) is 3.09. The van der Waals surface area contributed by atoms with Gasteiger partial charge in [-0.2, -0.15) is 0 Å². The van der Waals surface area contributed by atoms with Gasteiger partial charge in [-0.15, -0.1) is 0 Å². The maximum absolute atomic E-state index is 11.5. The summed E-state index contributed by atoms with van der Waals surface area (Å²) in [6.07, 6.45) is 0. The highest BCUT2D eigenvalue weighted by molar-refractivity contribution is 7.46. The van der Waals surface area contributed by atoms with E-state index in [1.54, 1.807) is 0 Å². The lowest BCUT2D eigenvalue weighted by Crippen LogP contribution is -2.68. The highest BCUT2D eigenvalue weighted by Crippen LogP contribution is 2.60. The number of likely N-dealkylation sites (N-methyl/N-ethyl adjacent to an activating group) is 2. The van der Waals surface area contributed by atoms with Gasteiger partial charge in [0, 0.05) is 0 Å². The molecule has 6 nitrogen and oxygen atoms in total. The van der Waals surface area contributed by atoms with Gasteiger partial charge >= 0.3 is 7.82 Å². The van der Waals surface area contributed by atoms with Gasteiger partial charge < -0.3 is 9.79 Å². The molecule has 0 spiro atoms. The molecule has 0 radical (unpaired) electrons. The van der Waals surface area contributed by atoms with Crippen LogP contribution in [0.2, 0.25) is 0 Å². The number of hydrogen-bond acceptors (Lipinski definition) is 4. The molecule has 2 N–H and O–H groups in total. The quantitative estimate of drug-likeness (QED) is 0.306. The summed E-state index contributed by atoms with van der Waals surface area (Å²) in [5.41, 5.74) is -2.08. The Morgan fingerprint density at radius 3 is 1.68 bits per heavy atom. The van der Waals surface area contributed by atoms with Gasteiger partial charge in [0.1, 0.15) is 0 Å². The molecule has 12 heteroatoms. The Morgan fingerprint density at radius 1 is 0.955 bits per heavy atom. The van der Waals surface area contributed by atoms with E-state index in [4.69, 9.17) is 62.5 Å². The summed E-state index contributed by atoms with van der Waals surface area (Å²) in [6.45, 7) is 0. The van der Waals surface area contributed by atoms with Crippen molar-refractivity contribution in [3.05, 3.63) is 20.1 Å². The number of hydrogen-bond donors (Lipinski definition) is 2. The summed E-state index contributed by atoms with van der Waals surface area (Å²) < 4.78 is 16.5. The first-order valence-corrected chi connectivity index (χ1v) is 9.07. The van der Waals surface area contributed by atoms with Crippen LogP contribution in [-0.4, -0.2) is 58.5 Å². The zero-order valence-electron chi connectivity index (χ0n) is 11.9. The van der Waals surface area contributed by atoms with Crippen LogP contribution in [0.5, 0.6) is 0 Å². The first kappa shape index (κ1) is 21.0. The molecule has 0 heterocycles. The van der Waals surface area contributed by atoms with Crippen molar-refractivity contribution in [2.24, 2.45) is 0 Å². The molecule has 2 unspecified atom stereocenters. The summed E-state index contributed by atoms with van der Waals surface area (Å²) in [5, 5.41) is -0.838. The molecule has 0 saturated carbocycles. The number of alkyl halides is 1. The molecule has 0 bridgehead atoms. The van der Waals surface area contributed by atoms with Crippen LogP contribution in [0, 0.1) is 0 Å². The van der Waals surface area contributed by atoms with Crippen LogP contribution >= 0.6 is 65.8 Å². The number of allylic oxidation sites excluding steroid dienone is 2. The van der Waals surface area contributed by atoms with Crippen molar-refractivity contribution in [3.8, 4) is 0 Å². The minimum Gasteiger partial charge on any atom is -0.303 e. The molecular formula is C10H14Cl5N2O4P. The smallest absolute Gasteiger partial charge is 0.303 e. The highest BCUT2D eigenvalue weighted by atomic mass is 35.5. The molecule has 0 aromatic heterocycles. The van der Waals surface area contributed by atoms with Crippen molar-refractivity contribution in [1.29, 1.82) is 0 Å². The predicted molar refractivity (Wildman–Crippen MR) is 89.3 cm³/mol. The van der Waals surface area contributed by atoms with Crippen molar-refractivity contribution in [2.75, 3.05) is 28.2 Å². The molecule has 0 fully saturated rings. The molecule has 0 aromatic carbocycles. The van der Waals surface area contributed by atoms with Crippen molar-refractivity contribution in [1.82, 2.24) is 9.80 Å². The number of nitrogens with zero attached hydrogens (tertiary/aromatic N) is 2. The van der Waals surface area contributed by atoms with E-state index in [0.717, 1.165) is 0 Å². The van der Waals surface area contributed by atoms with E-state index >= 15 is 0 Å². The third-order valence-electron chi connectivity index (χ3n) is 3.11. The van der Waals surface area contributed by atoms with Crippen molar-refractivity contribution < 1.29 is 18.9 Å². The van der Waals surface area contributed by atoms with Gasteiger partial charge in [-0.1, -0.05) is 58.0 Å². The van der Waals surface area contributed by atoms with E-state index in [2.05, 4.69) is 0 Å². The molecule has 0 aliphatic heterocycles. The molecule has 0 saturated heterocycles. The van der Waals surface area contributed by atoms with Crippen LogP contribution in [0.4, 0.5) is 0 Å². The van der Waals surface area contributed by atoms with E-state index in [1.165, 1.54) is 38.0 Å². The van der Waals surface area contributed by atoms with Crippen molar-refractivity contribution in [3.63, 3.8) is 0 Å². The monoisotopic (exact) mass is 432 g/mol. The maximum atomic E-state index is 11.5. The lowest BCUT2D eigenvalue weighted by atomic mass is 9.94. The molecule has 1 aliphatic carbocycles. The maximum Gasteiger partial charge on any atom is 0.471 e. The Balaban J connectivity index is 3.87. The van der Waals surface area contributed by atoms with Crippen molar-refractivity contribution in [2.45, 2.75) is 10.7 Å². The summed E-state index contributed by atoms with van der Waals surface area (Å²) in [7, 11) is 0.900. The van der Waals surface area contributed by atoms with Gasteiger partial charge in [0.15, 0.2) is 5.00 Å². The van der Waals surface area contributed by atoms with Crippen LogP contribution in [0.25, 0.3) is 0 Å². The molecular weight excluding hydrogens is 420 g/mol.